The summed E-state index contributed by atoms with van der Waals surface area (Å²) in [5.74, 6) is -1.02. The van der Waals surface area contributed by atoms with E-state index >= 15 is 0 Å². The van der Waals surface area contributed by atoms with Crippen LogP contribution in [0, 0.1) is 5.41 Å². The molecule has 6 nitrogen and oxygen atoms in total. The molecule has 0 bridgehead atoms. The first kappa shape index (κ1) is 14.6. The minimum atomic E-state index is -1.21. The molecule has 1 aliphatic rings. The van der Waals surface area contributed by atoms with Gasteiger partial charge in [0.05, 0.1) is 12.6 Å². The molecular formula is C12H20N2O4. The minimum Gasteiger partial charge on any atom is -0.383 e. The van der Waals surface area contributed by atoms with Crippen LogP contribution in [-0.2, 0) is 14.3 Å². The van der Waals surface area contributed by atoms with E-state index in [4.69, 9.17) is 4.74 Å². The third-order valence-electron chi connectivity index (χ3n) is 3.11. The van der Waals surface area contributed by atoms with Crippen LogP contribution in [-0.4, -0.2) is 42.5 Å². The number of hydrogen-bond acceptors (Lipinski definition) is 4. The Morgan fingerprint density at radius 2 is 1.94 bits per heavy atom. The molecule has 1 fully saturated rings. The molecule has 0 aromatic heterocycles. The molecule has 0 aromatic carbocycles. The molecule has 0 saturated carbocycles. The second-order valence-electron chi connectivity index (χ2n) is 4.96. The summed E-state index contributed by atoms with van der Waals surface area (Å²) >= 11 is 0. The molecule has 4 amide bonds. The molecule has 6 heteroatoms. The highest BCUT2D eigenvalue weighted by molar-refractivity contribution is 6.18. The maximum Gasteiger partial charge on any atom is 0.331 e. The van der Waals surface area contributed by atoms with E-state index in [0.29, 0.717) is 6.42 Å². The van der Waals surface area contributed by atoms with Gasteiger partial charge in [-0.05, 0) is 20.3 Å². The normalized spacial score (nSPS) is 20.9. The largest absolute Gasteiger partial charge is 0.383 e. The molecule has 1 aliphatic heterocycles. The Hall–Kier alpha value is -1.43. The molecule has 1 heterocycles. The van der Waals surface area contributed by atoms with Crippen molar-refractivity contribution in [3.63, 3.8) is 0 Å². The minimum absolute atomic E-state index is 0.275. The lowest BCUT2D eigenvalue weighted by Gasteiger charge is -2.38. The number of carbonyl (C=O) groups excluding carboxylic acids is 3. The Morgan fingerprint density at radius 1 is 1.33 bits per heavy atom. The standard InChI is InChI=1S/C12H20N2O4/c1-5-6-8(7-18-4)14-10(16)12(2,3)9(15)13-11(14)17/h8H,5-7H2,1-4H3,(H,13,15,17). The number of methoxy groups -OCH3 is 1. The average molecular weight is 256 g/mol. The van der Waals surface area contributed by atoms with Crippen LogP contribution in [0.25, 0.3) is 0 Å². The molecule has 1 saturated heterocycles. The lowest BCUT2D eigenvalue weighted by atomic mass is 9.88. The molecule has 1 atom stereocenters. The van der Waals surface area contributed by atoms with Gasteiger partial charge in [0.15, 0.2) is 0 Å². The van der Waals surface area contributed by atoms with E-state index in [0.717, 1.165) is 11.3 Å². The molecule has 102 valence electrons. The zero-order valence-electron chi connectivity index (χ0n) is 11.3. The zero-order chi connectivity index (χ0) is 13.9. The second-order valence-corrected chi connectivity index (χ2v) is 4.96. The van der Waals surface area contributed by atoms with Gasteiger partial charge in [0.25, 0.3) is 0 Å². The third kappa shape index (κ3) is 2.53. The summed E-state index contributed by atoms with van der Waals surface area (Å²) in [5, 5.41) is 2.22. The van der Waals surface area contributed by atoms with E-state index in [1.807, 2.05) is 6.92 Å². The van der Waals surface area contributed by atoms with E-state index in [9.17, 15) is 14.4 Å². The summed E-state index contributed by atoms with van der Waals surface area (Å²) in [6.07, 6.45) is 1.47. The van der Waals surface area contributed by atoms with E-state index < -0.39 is 23.3 Å². The number of ether oxygens (including phenoxy) is 1. The van der Waals surface area contributed by atoms with Gasteiger partial charge in [-0.25, -0.2) is 4.79 Å². The molecule has 1 N–H and O–H groups in total. The molecule has 0 aromatic rings. The van der Waals surface area contributed by atoms with Crippen molar-refractivity contribution in [2.45, 2.75) is 39.7 Å². The highest BCUT2D eigenvalue weighted by atomic mass is 16.5. The SMILES string of the molecule is CCCC(COC)N1C(=O)NC(=O)C(C)(C)C1=O. The van der Waals surface area contributed by atoms with Gasteiger partial charge in [0, 0.05) is 7.11 Å². The first-order valence-corrected chi connectivity index (χ1v) is 6.04. The highest BCUT2D eigenvalue weighted by Crippen LogP contribution is 2.26. The van der Waals surface area contributed by atoms with E-state index in [1.54, 1.807) is 0 Å². The van der Waals surface area contributed by atoms with E-state index in [-0.39, 0.29) is 12.6 Å². The topological polar surface area (TPSA) is 75.7 Å². The fourth-order valence-electron chi connectivity index (χ4n) is 1.95. The van der Waals surface area contributed by atoms with Gasteiger partial charge in [-0.1, -0.05) is 13.3 Å². The molecule has 0 radical (unpaired) electrons. The smallest absolute Gasteiger partial charge is 0.331 e. The van der Waals surface area contributed by atoms with Crippen LogP contribution in [0.3, 0.4) is 0 Å². The lowest BCUT2D eigenvalue weighted by Crippen LogP contribution is -2.65. The third-order valence-corrected chi connectivity index (χ3v) is 3.11. The summed E-state index contributed by atoms with van der Waals surface area (Å²) in [7, 11) is 1.52. The van der Waals surface area contributed by atoms with Crippen molar-refractivity contribution in [2.24, 2.45) is 5.41 Å². The Bertz CT molecular complexity index is 359. The summed E-state index contributed by atoms with van der Waals surface area (Å²) in [6, 6.07) is -0.986. The lowest BCUT2D eigenvalue weighted by molar-refractivity contribution is -0.151. The molecule has 18 heavy (non-hydrogen) atoms. The van der Waals surface area contributed by atoms with Crippen molar-refractivity contribution in [3.8, 4) is 0 Å². The number of rotatable bonds is 5. The van der Waals surface area contributed by atoms with Crippen LogP contribution >= 0.6 is 0 Å². The number of urea groups is 1. The Balaban J connectivity index is 3.00. The number of carbonyl (C=O) groups is 3. The highest BCUT2D eigenvalue weighted by Gasteiger charge is 2.48. The molecule has 0 aliphatic carbocycles. The fourth-order valence-corrected chi connectivity index (χ4v) is 1.95. The number of amides is 4. The van der Waals surface area contributed by atoms with Crippen LogP contribution < -0.4 is 5.32 Å². The molecule has 1 rings (SSSR count). The number of nitrogens with one attached hydrogen (secondary N) is 1. The first-order chi connectivity index (χ1) is 8.36. The number of hydrogen-bond donors (Lipinski definition) is 1. The monoisotopic (exact) mass is 256 g/mol. The Kier molecular flexibility index (Phi) is 4.45. The number of nitrogens with zero attached hydrogens (tertiary/aromatic N) is 1. The van der Waals surface area contributed by atoms with Crippen molar-refractivity contribution in [1.82, 2.24) is 10.2 Å². The molecule has 0 spiro atoms. The maximum atomic E-state index is 12.2. The van der Waals surface area contributed by atoms with Gasteiger partial charge < -0.3 is 4.74 Å². The summed E-state index contributed by atoms with van der Waals surface area (Å²) in [6.45, 7) is 5.27. The Labute approximate surface area is 107 Å². The average Bonchev–Trinajstić information content (AvgIpc) is 2.27. The van der Waals surface area contributed by atoms with Gasteiger partial charge in [-0.2, -0.15) is 0 Å². The molecular weight excluding hydrogens is 236 g/mol. The first-order valence-electron chi connectivity index (χ1n) is 6.04. The van der Waals surface area contributed by atoms with Crippen LogP contribution in [0.5, 0.6) is 0 Å². The van der Waals surface area contributed by atoms with Crippen molar-refractivity contribution < 1.29 is 19.1 Å². The van der Waals surface area contributed by atoms with Crippen molar-refractivity contribution in [3.05, 3.63) is 0 Å². The summed E-state index contributed by atoms with van der Waals surface area (Å²) in [4.78, 5) is 36.8. The number of barbiturate groups is 1. The quantitative estimate of drug-likeness (QED) is 0.742. The van der Waals surface area contributed by atoms with Crippen molar-refractivity contribution in [2.75, 3.05) is 13.7 Å². The van der Waals surface area contributed by atoms with E-state index in [2.05, 4.69) is 5.32 Å². The maximum absolute atomic E-state index is 12.2. The van der Waals surface area contributed by atoms with Crippen molar-refractivity contribution >= 4 is 17.8 Å². The van der Waals surface area contributed by atoms with Crippen LogP contribution in [0.1, 0.15) is 33.6 Å². The predicted molar refractivity (Wildman–Crippen MR) is 64.7 cm³/mol. The fraction of sp³-hybridized carbons (Fsp3) is 0.750. The number of imide groups is 2. The van der Waals surface area contributed by atoms with Crippen LogP contribution in [0.2, 0.25) is 0 Å². The van der Waals surface area contributed by atoms with Gasteiger partial charge in [0.1, 0.15) is 5.41 Å². The second kappa shape index (κ2) is 5.48. The van der Waals surface area contributed by atoms with Gasteiger partial charge in [-0.3, -0.25) is 19.8 Å². The summed E-state index contributed by atoms with van der Waals surface area (Å²) < 4.78 is 5.04. The van der Waals surface area contributed by atoms with E-state index in [1.165, 1.54) is 21.0 Å². The van der Waals surface area contributed by atoms with Gasteiger partial charge >= 0.3 is 6.03 Å². The molecule has 1 unspecified atom stereocenters. The predicted octanol–water partition coefficient (Wildman–Crippen LogP) is 0.906. The van der Waals surface area contributed by atoms with Gasteiger partial charge in [-0.15, -0.1) is 0 Å². The summed E-state index contributed by atoms with van der Waals surface area (Å²) in [5.41, 5.74) is -1.21. The Morgan fingerprint density at radius 3 is 2.44 bits per heavy atom. The van der Waals surface area contributed by atoms with Crippen LogP contribution in [0.4, 0.5) is 4.79 Å². The van der Waals surface area contributed by atoms with Gasteiger partial charge in [0.2, 0.25) is 11.8 Å². The zero-order valence-corrected chi connectivity index (χ0v) is 11.3. The van der Waals surface area contributed by atoms with Crippen molar-refractivity contribution in [1.29, 1.82) is 0 Å². The van der Waals surface area contributed by atoms with Crippen LogP contribution in [0.15, 0.2) is 0 Å².